The fraction of sp³-hybridized carbons (Fsp3) is 0.0833. The second-order valence-corrected chi connectivity index (χ2v) is 7.74. The lowest BCUT2D eigenvalue weighted by atomic mass is 9.97. The molecule has 0 aliphatic heterocycles. The molecule has 1 N–H and O–H groups in total. The Morgan fingerprint density at radius 3 is 2.56 bits per heavy atom. The van der Waals surface area contributed by atoms with Crippen molar-refractivity contribution in [1.82, 2.24) is 0 Å². The van der Waals surface area contributed by atoms with E-state index >= 15 is 0 Å². The van der Waals surface area contributed by atoms with E-state index in [2.05, 4.69) is 5.32 Å². The van der Waals surface area contributed by atoms with Crippen LogP contribution < -0.4 is 5.32 Å². The third-order valence-corrected chi connectivity index (χ3v) is 5.79. The molecule has 0 radical (unpaired) electrons. The molecule has 32 heavy (non-hydrogen) atoms. The molecule has 0 saturated carbocycles. The standard InChI is InChI=1S/C24H18N2O5S/c1-2-31-24(28)21-20(19-12-6-8-15-7-3-4-11-18(15)19)14-32-23(21)25-22(27)16-9-5-10-17(13-16)26(29)30/h3-14H,2H2,1H3,(H,25,27). The van der Waals surface area contributed by atoms with Gasteiger partial charge in [0.15, 0.2) is 0 Å². The lowest BCUT2D eigenvalue weighted by Gasteiger charge is -2.10. The first-order valence-corrected chi connectivity index (χ1v) is 10.7. The molecule has 0 aliphatic rings. The number of amides is 1. The number of thiophene rings is 1. The summed E-state index contributed by atoms with van der Waals surface area (Å²) in [7, 11) is 0. The van der Waals surface area contributed by atoms with E-state index in [-0.39, 0.29) is 23.4 Å². The molecule has 4 aromatic rings. The quantitative estimate of drug-likeness (QED) is 0.226. The van der Waals surface area contributed by atoms with Gasteiger partial charge in [0.1, 0.15) is 10.6 Å². The average molecular weight is 446 g/mol. The van der Waals surface area contributed by atoms with E-state index in [0.29, 0.717) is 10.6 Å². The number of hydrogen-bond acceptors (Lipinski definition) is 6. The van der Waals surface area contributed by atoms with Gasteiger partial charge < -0.3 is 10.1 Å². The van der Waals surface area contributed by atoms with Gasteiger partial charge in [-0.25, -0.2) is 4.79 Å². The molecule has 1 aromatic heterocycles. The first kappa shape index (κ1) is 21.2. The predicted molar refractivity (Wildman–Crippen MR) is 124 cm³/mol. The van der Waals surface area contributed by atoms with Gasteiger partial charge in [-0.15, -0.1) is 11.3 Å². The highest BCUT2D eigenvalue weighted by atomic mass is 32.1. The lowest BCUT2D eigenvalue weighted by molar-refractivity contribution is -0.384. The van der Waals surface area contributed by atoms with Crippen molar-refractivity contribution in [3.8, 4) is 11.1 Å². The van der Waals surface area contributed by atoms with Crippen LogP contribution in [0.3, 0.4) is 0 Å². The first-order valence-electron chi connectivity index (χ1n) is 9.82. The fourth-order valence-corrected chi connectivity index (χ4v) is 4.39. The Labute approximate surface area is 187 Å². The minimum absolute atomic E-state index is 0.120. The van der Waals surface area contributed by atoms with E-state index in [9.17, 15) is 19.7 Å². The SMILES string of the molecule is CCOC(=O)c1c(-c2cccc3ccccc23)csc1NC(=O)c1cccc([N+](=O)[O-])c1. The number of fused-ring (bicyclic) bond motifs is 1. The van der Waals surface area contributed by atoms with E-state index < -0.39 is 16.8 Å². The summed E-state index contributed by atoms with van der Waals surface area (Å²) in [5, 5.41) is 17.9. The summed E-state index contributed by atoms with van der Waals surface area (Å²) in [5.74, 6) is -1.10. The topological polar surface area (TPSA) is 98.5 Å². The molecule has 0 unspecified atom stereocenters. The molecule has 0 bridgehead atoms. The van der Waals surface area contributed by atoms with E-state index in [0.717, 1.165) is 16.3 Å². The average Bonchev–Trinajstić information content (AvgIpc) is 3.22. The van der Waals surface area contributed by atoms with Gasteiger partial charge in [-0.3, -0.25) is 14.9 Å². The van der Waals surface area contributed by atoms with Crippen LogP contribution in [0.25, 0.3) is 21.9 Å². The van der Waals surface area contributed by atoms with Crippen LogP contribution in [0, 0.1) is 10.1 Å². The highest BCUT2D eigenvalue weighted by Gasteiger charge is 2.24. The van der Waals surface area contributed by atoms with Crippen molar-refractivity contribution < 1.29 is 19.2 Å². The highest BCUT2D eigenvalue weighted by molar-refractivity contribution is 7.15. The maximum Gasteiger partial charge on any atom is 0.341 e. The molecule has 4 rings (SSSR count). The smallest absolute Gasteiger partial charge is 0.341 e. The number of rotatable bonds is 6. The fourth-order valence-electron chi connectivity index (χ4n) is 3.45. The van der Waals surface area contributed by atoms with Gasteiger partial charge >= 0.3 is 5.97 Å². The normalized spacial score (nSPS) is 10.7. The Morgan fingerprint density at radius 2 is 1.78 bits per heavy atom. The van der Waals surface area contributed by atoms with E-state index in [1.54, 1.807) is 12.3 Å². The third kappa shape index (κ3) is 4.08. The van der Waals surface area contributed by atoms with Crippen molar-refractivity contribution >= 4 is 44.7 Å². The Hall–Kier alpha value is -4.04. The summed E-state index contributed by atoms with van der Waals surface area (Å²) >= 11 is 1.20. The summed E-state index contributed by atoms with van der Waals surface area (Å²) < 4.78 is 5.27. The molecule has 1 heterocycles. The van der Waals surface area contributed by atoms with Crippen molar-refractivity contribution in [2.75, 3.05) is 11.9 Å². The third-order valence-electron chi connectivity index (χ3n) is 4.90. The molecule has 0 fully saturated rings. The number of hydrogen-bond donors (Lipinski definition) is 1. The van der Waals surface area contributed by atoms with E-state index in [1.807, 2.05) is 42.5 Å². The predicted octanol–water partition coefficient (Wildman–Crippen LogP) is 5.91. The molecular formula is C24H18N2O5S. The van der Waals surface area contributed by atoms with Crippen LogP contribution in [-0.2, 0) is 4.74 Å². The molecule has 0 atom stereocenters. The Bertz CT molecular complexity index is 1340. The molecule has 0 spiro atoms. The summed E-state index contributed by atoms with van der Waals surface area (Å²) in [6.45, 7) is 1.89. The number of nitro benzene ring substituents is 1. The molecule has 160 valence electrons. The molecule has 3 aromatic carbocycles. The van der Waals surface area contributed by atoms with Crippen LogP contribution >= 0.6 is 11.3 Å². The number of nitrogens with one attached hydrogen (secondary N) is 1. The van der Waals surface area contributed by atoms with Crippen LogP contribution in [-0.4, -0.2) is 23.4 Å². The molecule has 0 saturated heterocycles. The van der Waals surface area contributed by atoms with Crippen LogP contribution in [0.5, 0.6) is 0 Å². The second-order valence-electron chi connectivity index (χ2n) is 6.86. The lowest BCUT2D eigenvalue weighted by Crippen LogP contribution is -2.15. The monoisotopic (exact) mass is 446 g/mol. The van der Waals surface area contributed by atoms with Crippen LogP contribution in [0.2, 0.25) is 0 Å². The summed E-state index contributed by atoms with van der Waals surface area (Å²) in [6.07, 6.45) is 0. The molecule has 0 aliphatic carbocycles. The van der Waals surface area contributed by atoms with Gasteiger partial charge in [-0.05, 0) is 29.3 Å². The molecule has 1 amide bonds. The molecular weight excluding hydrogens is 428 g/mol. The highest BCUT2D eigenvalue weighted by Crippen LogP contribution is 2.39. The van der Waals surface area contributed by atoms with E-state index in [4.69, 9.17) is 4.74 Å². The van der Waals surface area contributed by atoms with Gasteiger partial charge in [0, 0.05) is 28.6 Å². The van der Waals surface area contributed by atoms with Gasteiger partial charge in [-0.2, -0.15) is 0 Å². The number of nitro groups is 1. The Balaban J connectivity index is 1.78. The molecule has 7 nitrogen and oxygen atoms in total. The zero-order valence-electron chi connectivity index (χ0n) is 17.0. The number of ether oxygens (including phenoxy) is 1. The minimum Gasteiger partial charge on any atom is -0.462 e. The van der Waals surface area contributed by atoms with Crippen LogP contribution in [0.1, 0.15) is 27.6 Å². The summed E-state index contributed by atoms with van der Waals surface area (Å²) in [5.41, 5.74) is 1.69. The van der Waals surface area contributed by atoms with Crippen molar-refractivity contribution in [3.63, 3.8) is 0 Å². The molecule has 8 heteroatoms. The van der Waals surface area contributed by atoms with Gasteiger partial charge in [0.2, 0.25) is 0 Å². The van der Waals surface area contributed by atoms with Gasteiger partial charge in [-0.1, -0.05) is 48.5 Å². The maximum absolute atomic E-state index is 12.9. The minimum atomic E-state index is -0.565. The number of carbonyl (C=O) groups excluding carboxylic acids is 2. The second kappa shape index (κ2) is 8.99. The summed E-state index contributed by atoms with van der Waals surface area (Å²) in [6, 6.07) is 19.1. The maximum atomic E-state index is 12.9. The van der Waals surface area contributed by atoms with Crippen LogP contribution in [0.15, 0.2) is 72.1 Å². The number of carbonyl (C=O) groups is 2. The van der Waals surface area contributed by atoms with Crippen molar-refractivity contribution in [2.45, 2.75) is 6.92 Å². The van der Waals surface area contributed by atoms with Gasteiger partial charge in [0.05, 0.1) is 11.5 Å². The number of nitrogens with zero attached hydrogens (tertiary/aromatic N) is 1. The first-order chi connectivity index (χ1) is 15.5. The number of benzene rings is 3. The van der Waals surface area contributed by atoms with Gasteiger partial charge in [0.25, 0.3) is 11.6 Å². The largest absolute Gasteiger partial charge is 0.462 e. The number of anilines is 1. The Kier molecular flexibility index (Phi) is 5.96. The Morgan fingerprint density at radius 1 is 1.03 bits per heavy atom. The van der Waals surface area contributed by atoms with Crippen molar-refractivity contribution in [3.05, 3.63) is 93.4 Å². The summed E-state index contributed by atoms with van der Waals surface area (Å²) in [4.78, 5) is 36.1. The number of esters is 1. The zero-order valence-corrected chi connectivity index (χ0v) is 17.8. The van der Waals surface area contributed by atoms with Crippen LogP contribution in [0.4, 0.5) is 10.7 Å². The van der Waals surface area contributed by atoms with Crippen molar-refractivity contribution in [1.29, 1.82) is 0 Å². The van der Waals surface area contributed by atoms with Crippen molar-refractivity contribution in [2.24, 2.45) is 0 Å². The zero-order chi connectivity index (χ0) is 22.7. The number of non-ortho nitro benzene ring substituents is 1. The van der Waals surface area contributed by atoms with E-state index in [1.165, 1.54) is 35.6 Å².